The Morgan fingerprint density at radius 1 is 1.24 bits per heavy atom. The SMILES string of the molecule is CCNC(=NCCN(C)Cc1ccc(F)cc1)NC1CCC(O)CC1. The van der Waals surface area contributed by atoms with Crippen molar-refractivity contribution in [2.24, 2.45) is 4.99 Å². The molecule has 6 heteroatoms. The number of halogens is 1. The zero-order valence-corrected chi connectivity index (χ0v) is 15.3. The number of hydrogen-bond acceptors (Lipinski definition) is 3. The molecule has 0 aliphatic heterocycles. The smallest absolute Gasteiger partial charge is 0.191 e. The van der Waals surface area contributed by atoms with Gasteiger partial charge in [-0.3, -0.25) is 4.99 Å². The van der Waals surface area contributed by atoms with Crippen LogP contribution in [-0.2, 0) is 6.54 Å². The van der Waals surface area contributed by atoms with Crippen LogP contribution in [0.4, 0.5) is 4.39 Å². The van der Waals surface area contributed by atoms with Gasteiger partial charge in [0, 0.05) is 25.7 Å². The Balaban J connectivity index is 1.76. The highest BCUT2D eigenvalue weighted by molar-refractivity contribution is 5.80. The van der Waals surface area contributed by atoms with Crippen molar-refractivity contribution in [3.05, 3.63) is 35.6 Å². The standard InChI is InChI=1S/C19H31FN4O/c1-3-21-19(23-17-8-10-18(25)11-9-17)22-12-13-24(2)14-15-4-6-16(20)7-5-15/h4-7,17-18,25H,3,8-14H2,1-2H3,(H2,21,22,23). The van der Waals surface area contributed by atoms with Crippen molar-refractivity contribution < 1.29 is 9.50 Å². The second-order valence-electron chi connectivity index (χ2n) is 6.77. The van der Waals surface area contributed by atoms with E-state index >= 15 is 0 Å². The van der Waals surface area contributed by atoms with E-state index in [1.165, 1.54) is 12.1 Å². The third kappa shape index (κ3) is 7.40. The van der Waals surface area contributed by atoms with Crippen LogP contribution < -0.4 is 10.6 Å². The van der Waals surface area contributed by atoms with Crippen LogP contribution in [0.25, 0.3) is 0 Å². The molecule has 1 aliphatic rings. The van der Waals surface area contributed by atoms with Crippen LogP contribution >= 0.6 is 0 Å². The first kappa shape index (κ1) is 19.7. The fourth-order valence-electron chi connectivity index (χ4n) is 3.05. The Morgan fingerprint density at radius 2 is 1.92 bits per heavy atom. The fourth-order valence-corrected chi connectivity index (χ4v) is 3.05. The zero-order valence-electron chi connectivity index (χ0n) is 15.3. The molecule has 0 amide bonds. The van der Waals surface area contributed by atoms with Crippen LogP contribution in [0.3, 0.4) is 0 Å². The monoisotopic (exact) mass is 350 g/mol. The van der Waals surface area contributed by atoms with Crippen LogP contribution in [0.15, 0.2) is 29.3 Å². The van der Waals surface area contributed by atoms with Gasteiger partial charge in [0.05, 0.1) is 12.6 Å². The topological polar surface area (TPSA) is 59.9 Å². The van der Waals surface area contributed by atoms with E-state index in [4.69, 9.17) is 0 Å². The van der Waals surface area contributed by atoms with Gasteiger partial charge in [0.25, 0.3) is 0 Å². The van der Waals surface area contributed by atoms with Crippen LogP contribution in [0, 0.1) is 5.82 Å². The van der Waals surface area contributed by atoms with Crippen molar-refractivity contribution in [2.75, 3.05) is 26.7 Å². The van der Waals surface area contributed by atoms with E-state index in [1.54, 1.807) is 0 Å². The van der Waals surface area contributed by atoms with Crippen molar-refractivity contribution in [1.29, 1.82) is 0 Å². The van der Waals surface area contributed by atoms with E-state index in [0.717, 1.165) is 56.8 Å². The van der Waals surface area contributed by atoms with E-state index in [1.807, 2.05) is 19.2 Å². The van der Waals surface area contributed by atoms with Crippen LogP contribution in [0.5, 0.6) is 0 Å². The second kappa shape index (κ2) is 10.4. The first-order valence-corrected chi connectivity index (χ1v) is 9.22. The van der Waals surface area contributed by atoms with Gasteiger partial charge in [-0.05, 0) is 57.4 Å². The molecule has 0 radical (unpaired) electrons. The molecule has 3 N–H and O–H groups in total. The Morgan fingerprint density at radius 3 is 2.56 bits per heavy atom. The molecule has 140 valence electrons. The summed E-state index contributed by atoms with van der Waals surface area (Å²) in [6.45, 7) is 5.19. The summed E-state index contributed by atoms with van der Waals surface area (Å²) < 4.78 is 12.9. The Hall–Kier alpha value is -1.66. The van der Waals surface area contributed by atoms with Crippen LogP contribution in [0.2, 0.25) is 0 Å². The quantitative estimate of drug-likeness (QED) is 0.521. The molecule has 0 atom stereocenters. The van der Waals surface area contributed by atoms with Gasteiger partial charge in [0.1, 0.15) is 5.82 Å². The Bertz CT molecular complexity index is 527. The van der Waals surface area contributed by atoms with Crippen molar-refractivity contribution >= 4 is 5.96 Å². The summed E-state index contributed by atoms with van der Waals surface area (Å²) in [4.78, 5) is 6.83. The van der Waals surface area contributed by atoms with Gasteiger partial charge in [-0.2, -0.15) is 0 Å². The van der Waals surface area contributed by atoms with Crippen molar-refractivity contribution in [3.8, 4) is 0 Å². The maximum atomic E-state index is 12.9. The number of nitrogens with zero attached hydrogens (tertiary/aromatic N) is 2. The normalized spacial score (nSPS) is 21.4. The van der Waals surface area contributed by atoms with E-state index < -0.39 is 0 Å². The highest BCUT2D eigenvalue weighted by atomic mass is 19.1. The predicted octanol–water partition coefficient (Wildman–Crippen LogP) is 2.12. The van der Waals surface area contributed by atoms with E-state index in [0.29, 0.717) is 12.6 Å². The third-order valence-electron chi connectivity index (χ3n) is 4.50. The molecule has 0 unspecified atom stereocenters. The number of rotatable bonds is 7. The third-order valence-corrected chi connectivity index (χ3v) is 4.50. The number of aliphatic hydroxyl groups is 1. The van der Waals surface area contributed by atoms with Gasteiger partial charge in [-0.1, -0.05) is 12.1 Å². The largest absolute Gasteiger partial charge is 0.393 e. The number of nitrogens with one attached hydrogen (secondary N) is 2. The van der Waals surface area contributed by atoms with E-state index in [-0.39, 0.29) is 11.9 Å². The van der Waals surface area contributed by atoms with Crippen LogP contribution in [-0.4, -0.2) is 54.8 Å². The van der Waals surface area contributed by atoms with Crippen LogP contribution in [0.1, 0.15) is 38.2 Å². The Labute approximate surface area is 150 Å². The van der Waals surface area contributed by atoms with Gasteiger partial charge in [-0.15, -0.1) is 0 Å². The van der Waals surface area contributed by atoms with Crippen molar-refractivity contribution in [2.45, 2.75) is 51.3 Å². The predicted molar refractivity (Wildman–Crippen MR) is 100 cm³/mol. The molecule has 0 heterocycles. The van der Waals surface area contributed by atoms with Crippen molar-refractivity contribution in [3.63, 3.8) is 0 Å². The minimum atomic E-state index is -0.201. The average Bonchev–Trinajstić information content (AvgIpc) is 2.59. The first-order chi connectivity index (χ1) is 12.1. The van der Waals surface area contributed by atoms with Gasteiger partial charge >= 0.3 is 0 Å². The number of benzene rings is 1. The van der Waals surface area contributed by atoms with Gasteiger partial charge in [0.2, 0.25) is 0 Å². The molecule has 1 saturated carbocycles. The molecule has 1 fully saturated rings. The number of aliphatic hydroxyl groups excluding tert-OH is 1. The number of likely N-dealkylation sites (N-methyl/N-ethyl adjacent to an activating group) is 1. The minimum absolute atomic E-state index is 0.141. The first-order valence-electron chi connectivity index (χ1n) is 9.22. The lowest BCUT2D eigenvalue weighted by Gasteiger charge is -2.27. The molecular formula is C19H31FN4O. The molecule has 5 nitrogen and oxygen atoms in total. The fraction of sp³-hybridized carbons (Fsp3) is 0.632. The summed E-state index contributed by atoms with van der Waals surface area (Å²) in [6.07, 6.45) is 3.54. The Kier molecular flexibility index (Phi) is 8.15. The molecule has 25 heavy (non-hydrogen) atoms. The molecule has 0 saturated heterocycles. The molecule has 2 rings (SSSR count). The average molecular weight is 350 g/mol. The molecule has 1 aromatic rings. The number of aliphatic imine (C=N–C) groups is 1. The van der Waals surface area contributed by atoms with Gasteiger partial charge in [-0.25, -0.2) is 4.39 Å². The molecule has 1 aliphatic carbocycles. The molecular weight excluding hydrogens is 319 g/mol. The van der Waals surface area contributed by atoms with E-state index in [2.05, 4.69) is 27.4 Å². The zero-order chi connectivity index (χ0) is 18.1. The van der Waals surface area contributed by atoms with Gasteiger partial charge in [0.15, 0.2) is 5.96 Å². The highest BCUT2D eigenvalue weighted by Crippen LogP contribution is 2.18. The second-order valence-corrected chi connectivity index (χ2v) is 6.77. The summed E-state index contributed by atoms with van der Waals surface area (Å²) in [5, 5.41) is 16.4. The van der Waals surface area contributed by atoms with Crippen molar-refractivity contribution in [1.82, 2.24) is 15.5 Å². The summed E-state index contributed by atoms with van der Waals surface area (Å²) in [6, 6.07) is 7.01. The molecule has 0 spiro atoms. The maximum absolute atomic E-state index is 12.9. The lowest BCUT2D eigenvalue weighted by molar-refractivity contribution is 0.120. The lowest BCUT2D eigenvalue weighted by Crippen LogP contribution is -2.45. The summed E-state index contributed by atoms with van der Waals surface area (Å²) in [5.41, 5.74) is 1.10. The lowest BCUT2D eigenvalue weighted by atomic mass is 9.93. The summed E-state index contributed by atoms with van der Waals surface area (Å²) in [5.74, 6) is 0.645. The van der Waals surface area contributed by atoms with Gasteiger partial charge < -0.3 is 20.6 Å². The van der Waals surface area contributed by atoms with E-state index in [9.17, 15) is 9.50 Å². The summed E-state index contributed by atoms with van der Waals surface area (Å²) >= 11 is 0. The molecule has 0 bridgehead atoms. The number of guanidine groups is 1. The summed E-state index contributed by atoms with van der Waals surface area (Å²) in [7, 11) is 2.04. The maximum Gasteiger partial charge on any atom is 0.191 e. The molecule has 1 aromatic carbocycles. The molecule has 0 aromatic heterocycles. The minimum Gasteiger partial charge on any atom is -0.393 e. The highest BCUT2D eigenvalue weighted by Gasteiger charge is 2.19. The number of hydrogen-bond donors (Lipinski definition) is 3.